The van der Waals surface area contributed by atoms with Crippen molar-refractivity contribution in [3.8, 4) is 0 Å². The van der Waals surface area contributed by atoms with Crippen LogP contribution in [0.25, 0.3) is 0 Å². The molecule has 0 spiro atoms. The zero-order valence-corrected chi connectivity index (χ0v) is 18.2. The molecule has 0 saturated carbocycles. The Morgan fingerprint density at radius 3 is 2.68 bits per heavy atom. The first kappa shape index (κ1) is 24.1. The summed E-state index contributed by atoms with van der Waals surface area (Å²) in [6, 6.07) is 0. The largest absolute Gasteiger partial charge is 0.396 e. The highest BCUT2D eigenvalue weighted by Gasteiger charge is 2.18. The molecule has 1 unspecified atom stereocenters. The second-order valence-electron chi connectivity index (χ2n) is 6.25. The Bertz CT molecular complexity index is 675. The summed E-state index contributed by atoms with van der Waals surface area (Å²) < 4.78 is 5.08. The fraction of sp³-hybridized carbons (Fsp3) is 0.550. The number of anilines is 2. The standard InChI is InChI=1S/C20H33N5O2S/c1-7-14(3)28-19(21-5)17-15(4)24-20(23-11-12-27-6)25-18(17)22-10-9-16(8-2)13-26/h7,16,26H,1,3,8-13H2,2,4-6H3,(H2,22,23,24,25). The maximum absolute atomic E-state index is 9.42. The van der Waals surface area contributed by atoms with E-state index >= 15 is 0 Å². The molecule has 0 aliphatic heterocycles. The summed E-state index contributed by atoms with van der Waals surface area (Å²) >= 11 is 1.44. The van der Waals surface area contributed by atoms with E-state index in [4.69, 9.17) is 4.74 Å². The number of aliphatic imine (C=N–C) groups is 1. The normalized spacial score (nSPS) is 12.5. The molecule has 0 amide bonds. The number of aliphatic hydroxyl groups excluding tert-OH is 1. The van der Waals surface area contributed by atoms with Crippen LogP contribution in [0.1, 0.15) is 31.0 Å². The van der Waals surface area contributed by atoms with Gasteiger partial charge in [0.2, 0.25) is 5.95 Å². The summed E-state index contributed by atoms with van der Waals surface area (Å²) in [5.74, 6) is 1.52. The Labute approximate surface area is 172 Å². The van der Waals surface area contributed by atoms with E-state index in [1.165, 1.54) is 11.8 Å². The number of aryl methyl sites for hydroxylation is 1. The molecule has 1 rings (SSSR count). The van der Waals surface area contributed by atoms with Crippen molar-refractivity contribution < 1.29 is 9.84 Å². The number of rotatable bonds is 13. The Hall–Kier alpha value is -1.90. The number of thioether (sulfide) groups is 1. The first-order valence-electron chi connectivity index (χ1n) is 9.43. The number of hydrogen-bond donors (Lipinski definition) is 3. The van der Waals surface area contributed by atoms with Crippen molar-refractivity contribution in [2.24, 2.45) is 10.9 Å². The Balaban J connectivity index is 3.15. The molecule has 0 bridgehead atoms. The molecule has 0 aromatic carbocycles. The van der Waals surface area contributed by atoms with E-state index in [-0.39, 0.29) is 12.5 Å². The highest BCUT2D eigenvalue weighted by atomic mass is 32.2. The van der Waals surface area contributed by atoms with E-state index in [1.807, 2.05) is 6.92 Å². The topological polar surface area (TPSA) is 91.7 Å². The van der Waals surface area contributed by atoms with Gasteiger partial charge in [-0.1, -0.05) is 44.3 Å². The fourth-order valence-electron chi connectivity index (χ4n) is 2.49. The molecule has 7 nitrogen and oxygen atoms in total. The van der Waals surface area contributed by atoms with Gasteiger partial charge in [-0.05, 0) is 19.3 Å². The van der Waals surface area contributed by atoms with Gasteiger partial charge in [-0.25, -0.2) is 4.98 Å². The van der Waals surface area contributed by atoms with E-state index in [1.54, 1.807) is 20.2 Å². The predicted molar refractivity (Wildman–Crippen MR) is 120 cm³/mol. The molecule has 0 aliphatic carbocycles. The minimum absolute atomic E-state index is 0.189. The van der Waals surface area contributed by atoms with Crippen molar-refractivity contribution in [2.75, 3.05) is 51.1 Å². The second kappa shape index (κ2) is 13.3. The monoisotopic (exact) mass is 407 g/mol. The van der Waals surface area contributed by atoms with E-state index in [2.05, 4.69) is 45.7 Å². The van der Waals surface area contributed by atoms with Gasteiger partial charge in [-0.15, -0.1) is 0 Å². The minimum Gasteiger partial charge on any atom is -0.396 e. The third-order valence-electron chi connectivity index (χ3n) is 4.23. The summed E-state index contributed by atoms with van der Waals surface area (Å²) in [5, 5.41) is 16.8. The molecule has 3 N–H and O–H groups in total. The number of aromatic nitrogens is 2. The van der Waals surface area contributed by atoms with Crippen LogP contribution in [0.4, 0.5) is 11.8 Å². The molecule has 8 heteroatoms. The number of ether oxygens (including phenoxy) is 1. The fourth-order valence-corrected chi connectivity index (χ4v) is 3.26. The third-order valence-corrected chi connectivity index (χ3v) is 5.24. The third kappa shape index (κ3) is 7.61. The predicted octanol–water partition coefficient (Wildman–Crippen LogP) is 3.47. The quantitative estimate of drug-likeness (QED) is 0.200. The van der Waals surface area contributed by atoms with Gasteiger partial charge in [-0.2, -0.15) is 4.98 Å². The smallest absolute Gasteiger partial charge is 0.224 e. The van der Waals surface area contributed by atoms with E-state index in [0.29, 0.717) is 31.5 Å². The van der Waals surface area contributed by atoms with E-state index in [9.17, 15) is 5.11 Å². The van der Waals surface area contributed by atoms with Crippen LogP contribution in [-0.2, 0) is 4.74 Å². The molecule has 1 aromatic heterocycles. The average molecular weight is 408 g/mol. The van der Waals surface area contributed by atoms with Crippen molar-refractivity contribution in [3.05, 3.63) is 35.4 Å². The number of allylic oxidation sites excluding steroid dienone is 1. The highest BCUT2D eigenvalue weighted by Crippen LogP contribution is 2.28. The van der Waals surface area contributed by atoms with Crippen LogP contribution in [0.2, 0.25) is 0 Å². The lowest BCUT2D eigenvalue weighted by Crippen LogP contribution is -2.18. The molecule has 1 aromatic rings. The van der Waals surface area contributed by atoms with Gasteiger partial charge in [0.15, 0.2) is 0 Å². The maximum Gasteiger partial charge on any atom is 0.224 e. The molecule has 0 radical (unpaired) electrons. The first-order valence-corrected chi connectivity index (χ1v) is 10.2. The second-order valence-corrected chi connectivity index (χ2v) is 7.36. The molecule has 1 atom stereocenters. The van der Waals surface area contributed by atoms with E-state index < -0.39 is 0 Å². The first-order chi connectivity index (χ1) is 13.5. The summed E-state index contributed by atoms with van der Waals surface area (Å²) in [5.41, 5.74) is 1.67. The molecular weight excluding hydrogens is 374 g/mol. The van der Waals surface area contributed by atoms with Gasteiger partial charge in [0, 0.05) is 38.8 Å². The summed E-state index contributed by atoms with van der Waals surface area (Å²) in [7, 11) is 3.40. The van der Waals surface area contributed by atoms with E-state index in [0.717, 1.165) is 34.0 Å². The lowest BCUT2D eigenvalue weighted by atomic mass is 10.0. The Kier molecular flexibility index (Phi) is 11.5. The van der Waals surface area contributed by atoms with Crippen LogP contribution in [0, 0.1) is 12.8 Å². The zero-order chi connectivity index (χ0) is 20.9. The van der Waals surface area contributed by atoms with Gasteiger partial charge in [0.05, 0.1) is 17.9 Å². The Morgan fingerprint density at radius 1 is 1.36 bits per heavy atom. The number of methoxy groups -OCH3 is 1. The van der Waals surface area contributed by atoms with Crippen LogP contribution in [0.15, 0.2) is 29.1 Å². The van der Waals surface area contributed by atoms with Crippen LogP contribution in [0.5, 0.6) is 0 Å². The molecule has 0 saturated heterocycles. The zero-order valence-electron chi connectivity index (χ0n) is 17.4. The number of nitrogens with zero attached hydrogens (tertiary/aromatic N) is 3. The maximum atomic E-state index is 9.42. The summed E-state index contributed by atoms with van der Waals surface area (Å²) in [6.07, 6.45) is 3.49. The van der Waals surface area contributed by atoms with Crippen molar-refractivity contribution in [3.63, 3.8) is 0 Å². The van der Waals surface area contributed by atoms with Gasteiger partial charge in [0.1, 0.15) is 10.9 Å². The number of nitrogens with one attached hydrogen (secondary N) is 2. The molecule has 0 aliphatic rings. The lowest BCUT2D eigenvalue weighted by molar-refractivity contribution is 0.210. The number of hydrogen-bond acceptors (Lipinski definition) is 8. The molecule has 28 heavy (non-hydrogen) atoms. The lowest BCUT2D eigenvalue weighted by Gasteiger charge is -2.18. The van der Waals surface area contributed by atoms with Gasteiger partial charge >= 0.3 is 0 Å². The minimum atomic E-state index is 0.189. The van der Waals surface area contributed by atoms with Crippen LogP contribution >= 0.6 is 11.8 Å². The Morgan fingerprint density at radius 2 is 2.11 bits per heavy atom. The average Bonchev–Trinajstić information content (AvgIpc) is 2.69. The van der Waals surface area contributed by atoms with Crippen molar-refractivity contribution in [2.45, 2.75) is 26.7 Å². The van der Waals surface area contributed by atoms with Crippen LogP contribution in [0.3, 0.4) is 0 Å². The van der Waals surface area contributed by atoms with Crippen LogP contribution < -0.4 is 10.6 Å². The SMILES string of the molecule is C=CC(=C)SC(=NC)c1c(C)nc(NCCOC)nc1NCCC(CC)CO. The van der Waals surface area contributed by atoms with Gasteiger partial charge < -0.3 is 20.5 Å². The van der Waals surface area contributed by atoms with Gasteiger partial charge in [0.25, 0.3) is 0 Å². The van der Waals surface area contributed by atoms with Crippen molar-refractivity contribution in [1.82, 2.24) is 9.97 Å². The molecule has 1 heterocycles. The molecule has 0 fully saturated rings. The van der Waals surface area contributed by atoms with Gasteiger partial charge in [-0.3, -0.25) is 4.99 Å². The molecule has 156 valence electrons. The summed E-state index contributed by atoms with van der Waals surface area (Å²) in [6.45, 7) is 13.8. The molecular formula is C20H33N5O2S. The highest BCUT2D eigenvalue weighted by molar-refractivity contribution is 8.17. The van der Waals surface area contributed by atoms with Crippen molar-refractivity contribution >= 4 is 28.6 Å². The number of aliphatic hydroxyl groups is 1. The van der Waals surface area contributed by atoms with Crippen molar-refractivity contribution in [1.29, 1.82) is 0 Å². The van der Waals surface area contributed by atoms with Crippen LogP contribution in [-0.4, -0.2) is 60.6 Å². The summed E-state index contributed by atoms with van der Waals surface area (Å²) in [4.78, 5) is 14.5.